The Hall–Kier alpha value is -4.04. The fraction of sp³-hybridized carbons (Fsp3) is 0.0435. The van der Waals surface area contributed by atoms with E-state index in [0.717, 1.165) is 5.56 Å². The van der Waals surface area contributed by atoms with Gasteiger partial charge >= 0.3 is 0 Å². The van der Waals surface area contributed by atoms with Gasteiger partial charge in [0.1, 0.15) is 22.8 Å². The molecule has 5 heteroatoms. The average molecular weight is 369 g/mol. The van der Waals surface area contributed by atoms with E-state index in [1.807, 2.05) is 0 Å². The summed E-state index contributed by atoms with van der Waals surface area (Å²) in [5.41, 5.74) is 2.13. The number of hydrogen-bond donors (Lipinski definition) is 1. The molecule has 0 atom stereocenters. The third kappa shape index (κ3) is 3.44. The first-order chi connectivity index (χ1) is 13.6. The molecule has 28 heavy (non-hydrogen) atoms. The molecule has 0 aliphatic rings. The molecule has 136 valence electrons. The first-order valence-corrected chi connectivity index (χ1v) is 8.51. The van der Waals surface area contributed by atoms with Crippen LogP contribution < -0.4 is 10.2 Å². The number of phenolic OH excluding ortho intramolecular Hbond substituents is 1. The number of hydrogen-bond acceptors (Lipinski definition) is 5. The first-order valence-electron chi connectivity index (χ1n) is 8.51. The second-order valence-corrected chi connectivity index (χ2v) is 6.05. The largest absolute Gasteiger partial charge is 0.507 e. The predicted octanol–water partition coefficient (Wildman–Crippen LogP) is 3.97. The van der Waals surface area contributed by atoms with Crippen molar-refractivity contribution in [3.63, 3.8) is 0 Å². The standard InChI is InChI=1S/C23H15NO4/c1-27-18-5-6-19-21(26)14-22(28-23(19)13-18)17-4-7-20(25)16(12-17)3-2-15-8-10-24-11-9-15/h4-14,25H,1H3. The van der Waals surface area contributed by atoms with Crippen LogP contribution >= 0.6 is 0 Å². The Balaban J connectivity index is 1.80. The quantitative estimate of drug-likeness (QED) is 0.541. The van der Waals surface area contributed by atoms with Gasteiger partial charge in [0.25, 0.3) is 0 Å². The SMILES string of the molecule is COc1ccc2c(=O)cc(-c3ccc(O)c(C#Cc4ccncc4)c3)oc2c1. The van der Waals surface area contributed by atoms with Crippen molar-refractivity contribution >= 4 is 11.0 Å². The summed E-state index contributed by atoms with van der Waals surface area (Å²) in [6.45, 7) is 0. The lowest BCUT2D eigenvalue weighted by Crippen LogP contribution is -2.00. The third-order valence-electron chi connectivity index (χ3n) is 4.24. The number of ether oxygens (including phenoxy) is 1. The highest BCUT2D eigenvalue weighted by Gasteiger charge is 2.10. The Morgan fingerprint density at radius 3 is 2.61 bits per heavy atom. The highest BCUT2D eigenvalue weighted by molar-refractivity contribution is 5.80. The van der Waals surface area contributed by atoms with E-state index in [9.17, 15) is 9.90 Å². The van der Waals surface area contributed by atoms with Gasteiger partial charge in [-0.1, -0.05) is 11.8 Å². The van der Waals surface area contributed by atoms with Crippen LogP contribution in [0.15, 0.2) is 76.2 Å². The molecule has 2 aromatic carbocycles. The molecule has 2 aromatic heterocycles. The van der Waals surface area contributed by atoms with E-state index in [0.29, 0.717) is 33.6 Å². The Kier molecular flexibility index (Phi) is 4.53. The van der Waals surface area contributed by atoms with Crippen molar-refractivity contribution in [2.45, 2.75) is 0 Å². The number of aromatic hydroxyl groups is 1. The van der Waals surface area contributed by atoms with Crippen LogP contribution in [-0.2, 0) is 0 Å². The highest BCUT2D eigenvalue weighted by atomic mass is 16.5. The van der Waals surface area contributed by atoms with Crippen molar-refractivity contribution in [3.8, 4) is 34.7 Å². The molecule has 0 saturated carbocycles. The summed E-state index contributed by atoms with van der Waals surface area (Å²) in [6.07, 6.45) is 3.30. The fourth-order valence-electron chi connectivity index (χ4n) is 2.77. The Labute approximate surface area is 160 Å². The van der Waals surface area contributed by atoms with Gasteiger partial charge in [0.15, 0.2) is 5.43 Å². The maximum atomic E-state index is 12.5. The summed E-state index contributed by atoms with van der Waals surface area (Å²) in [7, 11) is 1.55. The smallest absolute Gasteiger partial charge is 0.193 e. The Bertz CT molecular complexity index is 1280. The van der Waals surface area contributed by atoms with Gasteiger partial charge < -0.3 is 14.3 Å². The second-order valence-electron chi connectivity index (χ2n) is 6.05. The van der Waals surface area contributed by atoms with Crippen LogP contribution in [-0.4, -0.2) is 17.2 Å². The highest BCUT2D eigenvalue weighted by Crippen LogP contribution is 2.28. The zero-order valence-corrected chi connectivity index (χ0v) is 15.0. The molecule has 0 bridgehead atoms. The number of phenols is 1. The molecule has 5 nitrogen and oxygen atoms in total. The van der Waals surface area contributed by atoms with Gasteiger partial charge in [-0.2, -0.15) is 0 Å². The molecule has 0 aliphatic carbocycles. The molecule has 0 radical (unpaired) electrons. The van der Waals surface area contributed by atoms with Crippen molar-refractivity contribution < 1.29 is 14.3 Å². The molecule has 4 aromatic rings. The Morgan fingerprint density at radius 1 is 1.00 bits per heavy atom. The van der Waals surface area contributed by atoms with Gasteiger partial charge in [0.2, 0.25) is 0 Å². The van der Waals surface area contributed by atoms with Gasteiger partial charge in [0, 0.05) is 35.7 Å². The van der Waals surface area contributed by atoms with Gasteiger partial charge in [0.05, 0.1) is 18.1 Å². The van der Waals surface area contributed by atoms with Crippen molar-refractivity contribution in [1.29, 1.82) is 0 Å². The summed E-state index contributed by atoms with van der Waals surface area (Å²) >= 11 is 0. The minimum atomic E-state index is -0.156. The first kappa shape index (κ1) is 17.4. The van der Waals surface area contributed by atoms with Crippen molar-refractivity contribution in [2.24, 2.45) is 0 Å². The number of fused-ring (bicyclic) bond motifs is 1. The number of rotatable bonds is 2. The molecule has 4 rings (SSSR count). The summed E-state index contributed by atoms with van der Waals surface area (Å²) in [5, 5.41) is 10.6. The van der Waals surface area contributed by atoms with Crippen LogP contribution in [0.5, 0.6) is 11.5 Å². The maximum absolute atomic E-state index is 12.5. The summed E-state index contributed by atoms with van der Waals surface area (Å²) in [6, 6.07) is 14.9. The molecule has 0 unspecified atom stereocenters. The second kappa shape index (κ2) is 7.29. The number of benzene rings is 2. The predicted molar refractivity (Wildman–Crippen MR) is 106 cm³/mol. The summed E-state index contributed by atoms with van der Waals surface area (Å²) in [4.78, 5) is 16.4. The minimum Gasteiger partial charge on any atom is -0.507 e. The van der Waals surface area contributed by atoms with Crippen molar-refractivity contribution in [3.05, 3.63) is 88.3 Å². The van der Waals surface area contributed by atoms with Crippen LogP contribution in [0.2, 0.25) is 0 Å². The molecule has 1 N–H and O–H groups in total. The van der Waals surface area contributed by atoms with E-state index in [4.69, 9.17) is 9.15 Å². The minimum absolute atomic E-state index is 0.0510. The van der Waals surface area contributed by atoms with Crippen LogP contribution in [0.25, 0.3) is 22.3 Å². The van der Waals surface area contributed by atoms with E-state index in [-0.39, 0.29) is 11.2 Å². The zero-order valence-electron chi connectivity index (χ0n) is 15.0. The monoisotopic (exact) mass is 369 g/mol. The number of methoxy groups -OCH3 is 1. The zero-order chi connectivity index (χ0) is 19.5. The third-order valence-corrected chi connectivity index (χ3v) is 4.24. The van der Waals surface area contributed by atoms with Crippen molar-refractivity contribution in [1.82, 2.24) is 4.98 Å². The lowest BCUT2D eigenvalue weighted by atomic mass is 10.1. The normalized spacial score (nSPS) is 10.3. The Morgan fingerprint density at radius 2 is 1.82 bits per heavy atom. The summed E-state index contributed by atoms with van der Waals surface area (Å²) in [5.74, 6) is 6.96. The maximum Gasteiger partial charge on any atom is 0.193 e. The van der Waals surface area contributed by atoms with E-state index >= 15 is 0 Å². The lowest BCUT2D eigenvalue weighted by molar-refractivity contribution is 0.414. The molecule has 2 heterocycles. The van der Waals surface area contributed by atoms with Crippen LogP contribution in [0, 0.1) is 11.8 Å². The topological polar surface area (TPSA) is 72.6 Å². The molecular weight excluding hydrogens is 354 g/mol. The van der Waals surface area contributed by atoms with E-state index in [1.165, 1.54) is 12.1 Å². The molecule has 0 fully saturated rings. The number of pyridine rings is 1. The molecule has 0 aliphatic heterocycles. The van der Waals surface area contributed by atoms with Crippen LogP contribution in [0.4, 0.5) is 0 Å². The van der Waals surface area contributed by atoms with Gasteiger partial charge in [-0.05, 0) is 42.5 Å². The average Bonchev–Trinajstić information content (AvgIpc) is 2.73. The van der Waals surface area contributed by atoms with Crippen LogP contribution in [0.3, 0.4) is 0 Å². The van der Waals surface area contributed by atoms with E-state index < -0.39 is 0 Å². The molecule has 0 amide bonds. The van der Waals surface area contributed by atoms with Gasteiger partial charge in [-0.3, -0.25) is 9.78 Å². The molecule has 0 spiro atoms. The van der Waals surface area contributed by atoms with Gasteiger partial charge in [-0.25, -0.2) is 0 Å². The van der Waals surface area contributed by atoms with Crippen molar-refractivity contribution in [2.75, 3.05) is 7.11 Å². The van der Waals surface area contributed by atoms with E-state index in [1.54, 1.807) is 62.0 Å². The number of nitrogens with zero attached hydrogens (tertiary/aromatic N) is 1. The van der Waals surface area contributed by atoms with E-state index in [2.05, 4.69) is 16.8 Å². The number of aromatic nitrogens is 1. The van der Waals surface area contributed by atoms with Crippen LogP contribution in [0.1, 0.15) is 11.1 Å². The lowest BCUT2D eigenvalue weighted by Gasteiger charge is -2.06. The molecular formula is C23H15NO4. The fourth-order valence-corrected chi connectivity index (χ4v) is 2.77. The van der Waals surface area contributed by atoms with Gasteiger partial charge in [-0.15, -0.1) is 0 Å². The summed E-state index contributed by atoms with van der Waals surface area (Å²) < 4.78 is 11.1. The molecule has 0 saturated heterocycles.